The number of amides is 1. The molecule has 2 rings (SSSR count). The van der Waals surface area contributed by atoms with Crippen LogP contribution in [0.2, 0.25) is 0 Å². The first-order valence-electron chi connectivity index (χ1n) is 5.75. The van der Waals surface area contributed by atoms with Crippen molar-refractivity contribution < 1.29 is 9.53 Å². The number of nitrogens with two attached hydrogens (primary N) is 1. The van der Waals surface area contributed by atoms with Crippen molar-refractivity contribution in [2.75, 3.05) is 19.7 Å². The summed E-state index contributed by atoms with van der Waals surface area (Å²) >= 11 is 0. The van der Waals surface area contributed by atoms with Crippen molar-refractivity contribution in [3.63, 3.8) is 0 Å². The molecule has 4 atom stereocenters. The lowest BCUT2D eigenvalue weighted by atomic mass is 10.1. The second-order valence-corrected chi connectivity index (χ2v) is 4.85. The highest BCUT2D eigenvalue weighted by Crippen LogP contribution is 2.39. The van der Waals surface area contributed by atoms with Crippen molar-refractivity contribution in [1.29, 1.82) is 0 Å². The van der Waals surface area contributed by atoms with E-state index in [2.05, 4.69) is 6.92 Å². The van der Waals surface area contributed by atoms with Crippen LogP contribution in [-0.4, -0.2) is 42.6 Å². The monoisotopic (exact) mass is 212 g/mol. The fraction of sp³-hybridized carbons (Fsp3) is 0.909. The average molecular weight is 212 g/mol. The van der Waals surface area contributed by atoms with Crippen LogP contribution in [0.3, 0.4) is 0 Å². The van der Waals surface area contributed by atoms with Gasteiger partial charge in [-0.1, -0.05) is 6.92 Å². The summed E-state index contributed by atoms with van der Waals surface area (Å²) in [5.74, 6) is 1.14. The lowest BCUT2D eigenvalue weighted by Gasteiger charge is -2.37. The van der Waals surface area contributed by atoms with Gasteiger partial charge in [0.1, 0.15) is 0 Å². The topological polar surface area (TPSA) is 55.6 Å². The van der Waals surface area contributed by atoms with Gasteiger partial charge in [-0.05, 0) is 19.3 Å². The average Bonchev–Trinajstić information content (AvgIpc) is 2.95. The van der Waals surface area contributed by atoms with Gasteiger partial charge in [0.05, 0.1) is 18.8 Å². The molecule has 0 aromatic heterocycles. The van der Waals surface area contributed by atoms with E-state index in [1.807, 2.05) is 11.8 Å². The van der Waals surface area contributed by atoms with Crippen LogP contribution in [0.1, 0.15) is 20.3 Å². The van der Waals surface area contributed by atoms with Crippen LogP contribution in [0, 0.1) is 11.8 Å². The molecule has 1 aliphatic heterocycles. The first-order chi connectivity index (χ1) is 7.13. The Morgan fingerprint density at radius 3 is 2.73 bits per heavy atom. The molecule has 4 nitrogen and oxygen atoms in total. The summed E-state index contributed by atoms with van der Waals surface area (Å²) in [5.41, 5.74) is 5.57. The molecule has 2 N–H and O–H groups in total. The van der Waals surface area contributed by atoms with Gasteiger partial charge in [0.25, 0.3) is 0 Å². The Balaban J connectivity index is 1.96. The van der Waals surface area contributed by atoms with Gasteiger partial charge in [-0.3, -0.25) is 4.79 Å². The highest BCUT2D eigenvalue weighted by atomic mass is 16.5. The maximum atomic E-state index is 12.1. The smallest absolute Gasteiger partial charge is 0.226 e. The largest absolute Gasteiger partial charge is 0.373 e. The summed E-state index contributed by atoms with van der Waals surface area (Å²) in [6.07, 6.45) is 1.08. The highest BCUT2D eigenvalue weighted by Gasteiger charge is 2.43. The molecule has 0 radical (unpaired) electrons. The van der Waals surface area contributed by atoms with E-state index in [9.17, 15) is 4.79 Å². The zero-order chi connectivity index (χ0) is 11.0. The van der Waals surface area contributed by atoms with Crippen LogP contribution >= 0.6 is 0 Å². The predicted molar refractivity (Wildman–Crippen MR) is 57.2 cm³/mol. The van der Waals surface area contributed by atoms with Crippen molar-refractivity contribution in [3.8, 4) is 0 Å². The fourth-order valence-electron chi connectivity index (χ4n) is 2.15. The molecule has 1 saturated carbocycles. The second kappa shape index (κ2) is 4.10. The molecule has 1 amide bonds. The molecule has 2 fully saturated rings. The Hall–Kier alpha value is -0.610. The van der Waals surface area contributed by atoms with Crippen molar-refractivity contribution in [3.05, 3.63) is 0 Å². The number of nitrogens with zero attached hydrogens (tertiary/aromatic N) is 1. The summed E-state index contributed by atoms with van der Waals surface area (Å²) in [4.78, 5) is 14.0. The Morgan fingerprint density at radius 1 is 1.53 bits per heavy atom. The third kappa shape index (κ3) is 2.16. The van der Waals surface area contributed by atoms with Crippen molar-refractivity contribution in [2.45, 2.75) is 32.4 Å². The SMILES string of the molecule is CC1CC1C(=O)N1CC(CN)OCC1C. The zero-order valence-corrected chi connectivity index (χ0v) is 9.48. The Labute approximate surface area is 90.8 Å². The van der Waals surface area contributed by atoms with Gasteiger partial charge < -0.3 is 15.4 Å². The molecule has 15 heavy (non-hydrogen) atoms. The van der Waals surface area contributed by atoms with Gasteiger partial charge in [0, 0.05) is 19.0 Å². The van der Waals surface area contributed by atoms with E-state index in [-0.39, 0.29) is 18.1 Å². The summed E-state index contributed by atoms with van der Waals surface area (Å²) in [6, 6.07) is 0.202. The number of ether oxygens (including phenoxy) is 1. The first kappa shape index (κ1) is 10.9. The van der Waals surface area contributed by atoms with Crippen LogP contribution in [0.25, 0.3) is 0 Å². The maximum absolute atomic E-state index is 12.1. The molecule has 4 heteroatoms. The number of rotatable bonds is 2. The predicted octanol–water partition coefficient (Wildman–Crippen LogP) is 0.217. The van der Waals surface area contributed by atoms with Crippen LogP contribution in [0.15, 0.2) is 0 Å². The maximum Gasteiger partial charge on any atom is 0.226 e. The van der Waals surface area contributed by atoms with Crippen LogP contribution in [0.4, 0.5) is 0 Å². The minimum Gasteiger partial charge on any atom is -0.373 e. The standard InChI is InChI=1S/C11H20N2O2/c1-7-3-10(7)11(14)13-5-9(4-12)15-6-8(13)2/h7-10H,3-6,12H2,1-2H3. The summed E-state index contributed by atoms with van der Waals surface area (Å²) in [7, 11) is 0. The van der Waals surface area contributed by atoms with Gasteiger partial charge in [0.15, 0.2) is 0 Å². The molecule has 4 unspecified atom stereocenters. The van der Waals surface area contributed by atoms with Crippen molar-refractivity contribution >= 4 is 5.91 Å². The van der Waals surface area contributed by atoms with E-state index in [4.69, 9.17) is 10.5 Å². The van der Waals surface area contributed by atoms with E-state index in [0.717, 1.165) is 6.42 Å². The normalized spacial score (nSPS) is 40.3. The van der Waals surface area contributed by atoms with Crippen LogP contribution in [0.5, 0.6) is 0 Å². The first-order valence-corrected chi connectivity index (χ1v) is 5.75. The van der Waals surface area contributed by atoms with E-state index in [0.29, 0.717) is 31.5 Å². The van der Waals surface area contributed by atoms with Crippen LogP contribution < -0.4 is 5.73 Å². The Bertz CT molecular complexity index is 257. The molecule has 0 aromatic rings. The van der Waals surface area contributed by atoms with Crippen LogP contribution in [-0.2, 0) is 9.53 Å². The highest BCUT2D eigenvalue weighted by molar-refractivity contribution is 5.82. The summed E-state index contributed by atoms with van der Waals surface area (Å²) < 4.78 is 5.53. The molecule has 86 valence electrons. The number of carbonyl (C=O) groups is 1. The quantitative estimate of drug-likeness (QED) is 0.712. The fourth-order valence-corrected chi connectivity index (χ4v) is 2.15. The molecular weight excluding hydrogens is 192 g/mol. The van der Waals surface area contributed by atoms with E-state index in [1.54, 1.807) is 0 Å². The second-order valence-electron chi connectivity index (χ2n) is 4.85. The molecule has 2 aliphatic rings. The van der Waals surface area contributed by atoms with Gasteiger partial charge in [-0.25, -0.2) is 0 Å². The van der Waals surface area contributed by atoms with Gasteiger partial charge >= 0.3 is 0 Å². The van der Waals surface area contributed by atoms with E-state index < -0.39 is 0 Å². The third-order valence-electron chi connectivity index (χ3n) is 3.48. The molecule has 0 aromatic carbocycles. The van der Waals surface area contributed by atoms with E-state index in [1.165, 1.54) is 0 Å². The van der Waals surface area contributed by atoms with Gasteiger partial charge in [-0.2, -0.15) is 0 Å². The lowest BCUT2D eigenvalue weighted by molar-refractivity contribution is -0.145. The summed E-state index contributed by atoms with van der Waals surface area (Å²) in [6.45, 7) is 5.96. The Morgan fingerprint density at radius 2 is 2.20 bits per heavy atom. The number of hydrogen-bond donors (Lipinski definition) is 1. The minimum atomic E-state index is 0.0270. The molecule has 0 bridgehead atoms. The molecule has 1 saturated heterocycles. The Kier molecular flexibility index (Phi) is 2.98. The number of carbonyl (C=O) groups excluding carboxylic acids is 1. The molecule has 1 aliphatic carbocycles. The summed E-state index contributed by atoms with van der Waals surface area (Å²) in [5, 5.41) is 0. The van der Waals surface area contributed by atoms with Gasteiger partial charge in [-0.15, -0.1) is 0 Å². The molecule has 1 heterocycles. The number of hydrogen-bond acceptors (Lipinski definition) is 3. The van der Waals surface area contributed by atoms with Crippen molar-refractivity contribution in [2.24, 2.45) is 17.6 Å². The van der Waals surface area contributed by atoms with Crippen molar-refractivity contribution in [1.82, 2.24) is 4.90 Å². The molecular formula is C11H20N2O2. The number of morpholine rings is 1. The third-order valence-corrected chi connectivity index (χ3v) is 3.48. The van der Waals surface area contributed by atoms with E-state index >= 15 is 0 Å². The zero-order valence-electron chi connectivity index (χ0n) is 9.48. The van der Waals surface area contributed by atoms with Gasteiger partial charge in [0.2, 0.25) is 5.91 Å². The minimum absolute atomic E-state index is 0.0270. The lowest BCUT2D eigenvalue weighted by Crippen LogP contribution is -2.53. The molecule has 0 spiro atoms.